The van der Waals surface area contributed by atoms with Crippen molar-refractivity contribution in [1.29, 1.82) is 0 Å². The fourth-order valence-electron chi connectivity index (χ4n) is 3.62. The van der Waals surface area contributed by atoms with Gasteiger partial charge in [0.25, 0.3) is 0 Å². The highest BCUT2D eigenvalue weighted by Crippen LogP contribution is 2.26. The van der Waals surface area contributed by atoms with Crippen molar-refractivity contribution in [2.24, 2.45) is 0 Å². The Kier molecular flexibility index (Phi) is 5.24. The van der Waals surface area contributed by atoms with E-state index in [1.165, 1.54) is 12.1 Å². The molecule has 144 valence electrons. The van der Waals surface area contributed by atoms with Crippen molar-refractivity contribution in [3.63, 3.8) is 0 Å². The summed E-state index contributed by atoms with van der Waals surface area (Å²) in [6.07, 6.45) is 4.19. The van der Waals surface area contributed by atoms with E-state index in [9.17, 15) is 9.18 Å². The summed E-state index contributed by atoms with van der Waals surface area (Å²) >= 11 is 0. The van der Waals surface area contributed by atoms with Gasteiger partial charge in [-0.2, -0.15) is 0 Å². The first kappa shape index (κ1) is 18.4. The van der Waals surface area contributed by atoms with Gasteiger partial charge in [0.15, 0.2) is 0 Å². The zero-order chi connectivity index (χ0) is 19.5. The SMILES string of the molecule is CCC(=O)N1CCC(Oc2ccc(-c3cnc4cc(F)ccc4c3)cc2)CC1. The van der Waals surface area contributed by atoms with Gasteiger partial charge in [0.05, 0.1) is 5.52 Å². The number of likely N-dealkylation sites (tertiary alicyclic amines) is 1. The molecule has 0 radical (unpaired) electrons. The summed E-state index contributed by atoms with van der Waals surface area (Å²) in [6, 6.07) is 14.6. The summed E-state index contributed by atoms with van der Waals surface area (Å²) < 4.78 is 19.4. The van der Waals surface area contributed by atoms with Gasteiger partial charge >= 0.3 is 0 Å². The van der Waals surface area contributed by atoms with Gasteiger partial charge in [0.1, 0.15) is 17.7 Å². The standard InChI is InChI=1S/C23H23FN2O2/c1-2-23(27)26-11-9-21(10-12-26)28-20-7-4-16(5-8-20)18-13-17-3-6-19(24)14-22(17)25-15-18/h3-8,13-15,21H,2,9-12H2,1H3. The third kappa shape index (κ3) is 3.98. The van der Waals surface area contributed by atoms with Gasteiger partial charge in [-0.3, -0.25) is 9.78 Å². The van der Waals surface area contributed by atoms with Crippen LogP contribution in [0, 0.1) is 5.82 Å². The third-order valence-electron chi connectivity index (χ3n) is 5.23. The highest BCUT2D eigenvalue weighted by atomic mass is 19.1. The number of rotatable bonds is 4. The average molecular weight is 378 g/mol. The normalized spacial score (nSPS) is 15.0. The van der Waals surface area contributed by atoms with E-state index in [4.69, 9.17) is 4.74 Å². The monoisotopic (exact) mass is 378 g/mol. The smallest absolute Gasteiger partial charge is 0.222 e. The number of hydrogen-bond acceptors (Lipinski definition) is 3. The highest BCUT2D eigenvalue weighted by molar-refractivity contribution is 5.83. The van der Waals surface area contributed by atoms with Crippen molar-refractivity contribution in [3.05, 3.63) is 60.5 Å². The fraction of sp³-hybridized carbons (Fsp3) is 0.304. The molecule has 0 unspecified atom stereocenters. The second-order valence-corrected chi connectivity index (χ2v) is 7.14. The zero-order valence-electron chi connectivity index (χ0n) is 15.9. The summed E-state index contributed by atoms with van der Waals surface area (Å²) in [5.74, 6) is 0.772. The van der Waals surface area contributed by atoms with Crippen LogP contribution in [-0.2, 0) is 4.79 Å². The van der Waals surface area contributed by atoms with Gasteiger partial charge < -0.3 is 9.64 Å². The molecule has 0 bridgehead atoms. The molecule has 1 aromatic heterocycles. The second kappa shape index (κ2) is 7.97. The number of aromatic nitrogens is 1. The number of hydrogen-bond donors (Lipinski definition) is 0. The quantitative estimate of drug-likeness (QED) is 0.654. The number of nitrogens with zero attached hydrogens (tertiary/aromatic N) is 2. The number of halogens is 1. The van der Waals surface area contributed by atoms with Crippen LogP contribution < -0.4 is 4.74 Å². The Bertz CT molecular complexity index is 980. The van der Waals surface area contributed by atoms with Crippen molar-refractivity contribution >= 4 is 16.8 Å². The first-order valence-corrected chi connectivity index (χ1v) is 9.72. The molecular formula is C23H23FN2O2. The van der Waals surface area contributed by atoms with Crippen molar-refractivity contribution in [1.82, 2.24) is 9.88 Å². The van der Waals surface area contributed by atoms with Gasteiger partial charge in [0, 0.05) is 55.6 Å². The minimum absolute atomic E-state index is 0.143. The van der Waals surface area contributed by atoms with Gasteiger partial charge in [-0.15, -0.1) is 0 Å². The zero-order valence-corrected chi connectivity index (χ0v) is 15.9. The molecule has 1 fully saturated rings. The van der Waals surface area contributed by atoms with Crippen LogP contribution >= 0.6 is 0 Å². The molecule has 0 N–H and O–H groups in total. The molecule has 0 aliphatic carbocycles. The van der Waals surface area contributed by atoms with E-state index >= 15 is 0 Å². The summed E-state index contributed by atoms with van der Waals surface area (Å²) in [5.41, 5.74) is 2.67. The number of fused-ring (bicyclic) bond motifs is 1. The maximum atomic E-state index is 13.3. The summed E-state index contributed by atoms with van der Waals surface area (Å²) in [7, 11) is 0. The molecule has 28 heavy (non-hydrogen) atoms. The lowest BCUT2D eigenvalue weighted by Gasteiger charge is -2.32. The summed E-state index contributed by atoms with van der Waals surface area (Å²) in [4.78, 5) is 18.0. The molecule has 1 saturated heterocycles. The molecule has 5 heteroatoms. The van der Waals surface area contributed by atoms with Gasteiger partial charge in [-0.1, -0.05) is 19.1 Å². The van der Waals surface area contributed by atoms with E-state index in [-0.39, 0.29) is 17.8 Å². The van der Waals surface area contributed by atoms with Crippen LogP contribution in [0.4, 0.5) is 4.39 Å². The molecule has 1 aliphatic rings. The summed E-state index contributed by atoms with van der Waals surface area (Å²) in [6.45, 7) is 3.42. The van der Waals surface area contributed by atoms with Crippen LogP contribution in [0.25, 0.3) is 22.0 Å². The molecule has 1 amide bonds. The molecule has 0 atom stereocenters. The summed E-state index contributed by atoms with van der Waals surface area (Å²) in [5, 5.41) is 0.910. The van der Waals surface area contributed by atoms with Crippen LogP contribution in [0.15, 0.2) is 54.7 Å². The lowest BCUT2D eigenvalue weighted by atomic mass is 10.0. The molecule has 2 aromatic carbocycles. The van der Waals surface area contributed by atoms with Gasteiger partial charge in [-0.05, 0) is 35.9 Å². The molecule has 2 heterocycles. The van der Waals surface area contributed by atoms with E-state index in [1.807, 2.05) is 42.2 Å². The molecule has 3 aromatic rings. The molecular weight excluding hydrogens is 355 g/mol. The number of benzene rings is 2. The predicted molar refractivity (Wildman–Crippen MR) is 108 cm³/mol. The first-order valence-electron chi connectivity index (χ1n) is 9.72. The minimum Gasteiger partial charge on any atom is -0.490 e. The lowest BCUT2D eigenvalue weighted by Crippen LogP contribution is -2.41. The third-order valence-corrected chi connectivity index (χ3v) is 5.23. The van der Waals surface area contributed by atoms with Crippen molar-refractivity contribution in [2.75, 3.05) is 13.1 Å². The van der Waals surface area contributed by atoms with Crippen LogP contribution in [0.2, 0.25) is 0 Å². The fourth-order valence-corrected chi connectivity index (χ4v) is 3.62. The largest absolute Gasteiger partial charge is 0.490 e. The van der Waals surface area contributed by atoms with Crippen molar-refractivity contribution in [3.8, 4) is 16.9 Å². The Morgan fingerprint density at radius 3 is 2.57 bits per heavy atom. The molecule has 4 nitrogen and oxygen atoms in total. The van der Waals surface area contributed by atoms with E-state index in [0.717, 1.165) is 48.2 Å². The van der Waals surface area contributed by atoms with Crippen molar-refractivity contribution in [2.45, 2.75) is 32.3 Å². The molecule has 0 saturated carbocycles. The highest BCUT2D eigenvalue weighted by Gasteiger charge is 2.22. The topological polar surface area (TPSA) is 42.4 Å². The maximum absolute atomic E-state index is 13.3. The van der Waals surface area contributed by atoms with Crippen LogP contribution in [-0.4, -0.2) is 35.0 Å². The van der Waals surface area contributed by atoms with E-state index in [2.05, 4.69) is 4.98 Å². The Morgan fingerprint density at radius 2 is 1.86 bits per heavy atom. The van der Waals surface area contributed by atoms with Gasteiger partial charge in [-0.25, -0.2) is 4.39 Å². The maximum Gasteiger partial charge on any atom is 0.222 e. The first-order chi connectivity index (χ1) is 13.6. The Labute approximate surface area is 164 Å². The Morgan fingerprint density at radius 1 is 1.11 bits per heavy atom. The lowest BCUT2D eigenvalue weighted by molar-refractivity contribution is -0.132. The average Bonchev–Trinajstić information content (AvgIpc) is 2.74. The minimum atomic E-state index is -0.279. The Hall–Kier alpha value is -2.95. The number of carbonyl (C=O) groups excluding carboxylic acids is 1. The van der Waals surface area contributed by atoms with Gasteiger partial charge in [0.2, 0.25) is 5.91 Å². The number of ether oxygens (including phenoxy) is 1. The molecule has 0 spiro atoms. The number of carbonyl (C=O) groups is 1. The second-order valence-electron chi connectivity index (χ2n) is 7.14. The van der Waals surface area contributed by atoms with E-state index in [1.54, 1.807) is 12.3 Å². The molecule has 4 rings (SSSR count). The van der Waals surface area contributed by atoms with Crippen LogP contribution in [0.5, 0.6) is 5.75 Å². The number of piperidine rings is 1. The predicted octanol–water partition coefficient (Wildman–Crippen LogP) is 4.82. The van der Waals surface area contributed by atoms with Crippen molar-refractivity contribution < 1.29 is 13.9 Å². The number of pyridine rings is 1. The van der Waals surface area contributed by atoms with Crippen LogP contribution in [0.3, 0.4) is 0 Å². The van der Waals surface area contributed by atoms with E-state index in [0.29, 0.717) is 11.9 Å². The molecule has 1 aliphatic heterocycles. The number of amides is 1. The Balaban J connectivity index is 1.42. The van der Waals surface area contributed by atoms with Crippen LogP contribution in [0.1, 0.15) is 26.2 Å². The van der Waals surface area contributed by atoms with E-state index < -0.39 is 0 Å².